The minimum absolute atomic E-state index is 0.0194. The first-order valence-electron chi connectivity index (χ1n) is 7.22. The quantitative estimate of drug-likeness (QED) is 0.818. The summed E-state index contributed by atoms with van der Waals surface area (Å²) in [4.78, 5) is 12.9. The van der Waals surface area contributed by atoms with Crippen LogP contribution in [-0.2, 0) is 19.4 Å². The number of aryl methyl sites for hydroxylation is 1. The second kappa shape index (κ2) is 7.27. The van der Waals surface area contributed by atoms with E-state index in [-0.39, 0.29) is 12.4 Å². The van der Waals surface area contributed by atoms with E-state index in [0.717, 1.165) is 11.4 Å². The van der Waals surface area contributed by atoms with Crippen LogP contribution in [0, 0.1) is 0 Å². The standard InChI is InChI=1S/C16H18Cl2N2O2/c1-3-13-15(14(4-2)20(19-13)5-6-21)16(22)10-7-11(17)9-12(18)8-10/h7-9,21H,3-6H2,1-2H3. The Kier molecular flexibility index (Phi) is 5.62. The molecule has 0 aliphatic rings. The van der Waals surface area contributed by atoms with E-state index >= 15 is 0 Å². The second-order valence-electron chi connectivity index (χ2n) is 4.91. The topological polar surface area (TPSA) is 55.1 Å². The Morgan fingerprint density at radius 2 is 1.82 bits per heavy atom. The number of hydrogen-bond donors (Lipinski definition) is 1. The maximum atomic E-state index is 12.9. The molecule has 0 radical (unpaired) electrons. The number of aliphatic hydroxyl groups is 1. The molecule has 1 aromatic heterocycles. The van der Waals surface area contributed by atoms with E-state index in [9.17, 15) is 4.79 Å². The molecule has 4 nitrogen and oxygen atoms in total. The van der Waals surface area contributed by atoms with Crippen molar-refractivity contribution in [3.8, 4) is 0 Å². The summed E-state index contributed by atoms with van der Waals surface area (Å²) in [6.45, 7) is 4.27. The lowest BCUT2D eigenvalue weighted by molar-refractivity contribution is 0.103. The van der Waals surface area contributed by atoms with Gasteiger partial charge in [0, 0.05) is 21.3 Å². The highest BCUT2D eigenvalue weighted by atomic mass is 35.5. The average molecular weight is 341 g/mol. The number of ketones is 1. The Bertz CT molecular complexity index is 675. The lowest BCUT2D eigenvalue weighted by Gasteiger charge is -2.07. The lowest BCUT2D eigenvalue weighted by atomic mass is 9.99. The molecule has 22 heavy (non-hydrogen) atoms. The molecule has 1 heterocycles. The Morgan fingerprint density at radius 1 is 1.18 bits per heavy atom. The van der Waals surface area contributed by atoms with Gasteiger partial charge in [0.25, 0.3) is 0 Å². The van der Waals surface area contributed by atoms with E-state index in [0.29, 0.717) is 40.6 Å². The molecule has 0 aliphatic heterocycles. The highest BCUT2D eigenvalue weighted by molar-refractivity contribution is 6.35. The maximum absolute atomic E-state index is 12.9. The van der Waals surface area contributed by atoms with Gasteiger partial charge in [0.1, 0.15) is 0 Å². The summed E-state index contributed by atoms with van der Waals surface area (Å²) in [7, 11) is 0. The number of hydrogen-bond acceptors (Lipinski definition) is 3. The van der Waals surface area contributed by atoms with E-state index in [4.69, 9.17) is 28.3 Å². The van der Waals surface area contributed by atoms with Crippen LogP contribution in [0.5, 0.6) is 0 Å². The van der Waals surface area contributed by atoms with Crippen LogP contribution >= 0.6 is 23.2 Å². The van der Waals surface area contributed by atoms with E-state index in [1.165, 1.54) is 0 Å². The largest absolute Gasteiger partial charge is 0.394 e. The highest BCUT2D eigenvalue weighted by Gasteiger charge is 2.23. The van der Waals surface area contributed by atoms with Crippen molar-refractivity contribution < 1.29 is 9.90 Å². The molecule has 118 valence electrons. The summed E-state index contributed by atoms with van der Waals surface area (Å²) in [6.07, 6.45) is 1.29. The van der Waals surface area contributed by atoms with Crippen molar-refractivity contribution in [1.29, 1.82) is 0 Å². The Hall–Kier alpha value is -1.36. The molecule has 1 aromatic carbocycles. The molecule has 0 saturated heterocycles. The van der Waals surface area contributed by atoms with E-state index < -0.39 is 0 Å². The minimum Gasteiger partial charge on any atom is -0.394 e. The van der Waals surface area contributed by atoms with E-state index in [1.807, 2.05) is 13.8 Å². The van der Waals surface area contributed by atoms with Gasteiger partial charge in [-0.15, -0.1) is 0 Å². The monoisotopic (exact) mass is 340 g/mol. The van der Waals surface area contributed by atoms with Crippen molar-refractivity contribution in [2.45, 2.75) is 33.2 Å². The lowest BCUT2D eigenvalue weighted by Crippen LogP contribution is -2.10. The molecule has 2 rings (SSSR count). The fourth-order valence-corrected chi connectivity index (χ4v) is 3.06. The van der Waals surface area contributed by atoms with Gasteiger partial charge >= 0.3 is 0 Å². The number of aliphatic hydroxyl groups excluding tert-OH is 1. The van der Waals surface area contributed by atoms with Crippen molar-refractivity contribution in [2.75, 3.05) is 6.61 Å². The number of rotatable bonds is 6. The van der Waals surface area contributed by atoms with Crippen LogP contribution in [0.15, 0.2) is 18.2 Å². The molecule has 0 unspecified atom stereocenters. The Balaban J connectivity index is 2.56. The second-order valence-corrected chi connectivity index (χ2v) is 5.78. The van der Waals surface area contributed by atoms with Crippen molar-refractivity contribution in [3.63, 3.8) is 0 Å². The van der Waals surface area contributed by atoms with Crippen LogP contribution in [0.2, 0.25) is 10.0 Å². The number of carbonyl (C=O) groups excluding carboxylic acids is 1. The molecule has 1 N–H and O–H groups in total. The normalized spacial score (nSPS) is 11.0. The van der Waals surface area contributed by atoms with Crippen LogP contribution < -0.4 is 0 Å². The molecule has 6 heteroatoms. The Labute approximate surface area is 139 Å². The molecule has 0 amide bonds. The summed E-state index contributed by atoms with van der Waals surface area (Å²) >= 11 is 12.0. The number of nitrogens with zero attached hydrogens (tertiary/aromatic N) is 2. The van der Waals surface area contributed by atoms with Crippen LogP contribution in [0.3, 0.4) is 0 Å². The maximum Gasteiger partial charge on any atom is 0.196 e. The van der Waals surface area contributed by atoms with Gasteiger partial charge in [-0.05, 0) is 31.0 Å². The summed E-state index contributed by atoms with van der Waals surface area (Å²) < 4.78 is 1.71. The summed E-state index contributed by atoms with van der Waals surface area (Å²) in [5.74, 6) is -0.137. The van der Waals surface area contributed by atoms with Crippen molar-refractivity contribution >= 4 is 29.0 Å². The van der Waals surface area contributed by atoms with Gasteiger partial charge in [0.15, 0.2) is 5.78 Å². The molecule has 2 aromatic rings. The predicted molar refractivity (Wildman–Crippen MR) is 88.0 cm³/mol. The first-order chi connectivity index (χ1) is 10.5. The van der Waals surface area contributed by atoms with Gasteiger partial charge in [0.2, 0.25) is 0 Å². The molecule has 0 fully saturated rings. The van der Waals surface area contributed by atoms with Gasteiger partial charge < -0.3 is 5.11 Å². The average Bonchev–Trinajstić information content (AvgIpc) is 2.83. The van der Waals surface area contributed by atoms with Gasteiger partial charge in [-0.1, -0.05) is 37.0 Å². The predicted octanol–water partition coefficient (Wildman–Crippen LogP) is 3.54. The first-order valence-corrected chi connectivity index (χ1v) is 7.97. The van der Waals surface area contributed by atoms with Gasteiger partial charge in [0.05, 0.1) is 24.4 Å². The Morgan fingerprint density at radius 3 is 2.32 bits per heavy atom. The molecular weight excluding hydrogens is 323 g/mol. The molecule has 0 aliphatic carbocycles. The summed E-state index contributed by atoms with van der Waals surface area (Å²) in [5.41, 5.74) is 2.60. The third-order valence-electron chi connectivity index (χ3n) is 3.46. The zero-order valence-electron chi connectivity index (χ0n) is 12.6. The molecular formula is C16H18Cl2N2O2. The van der Waals surface area contributed by atoms with Crippen LogP contribution in [0.25, 0.3) is 0 Å². The fraction of sp³-hybridized carbons (Fsp3) is 0.375. The number of aromatic nitrogens is 2. The first kappa shape index (κ1) is 17.0. The third kappa shape index (κ3) is 3.35. The molecule has 0 atom stereocenters. The van der Waals surface area contributed by atoms with Crippen LogP contribution in [0.1, 0.15) is 41.2 Å². The molecule has 0 saturated carbocycles. The zero-order chi connectivity index (χ0) is 16.3. The fourth-order valence-electron chi connectivity index (χ4n) is 2.53. The number of carbonyl (C=O) groups is 1. The van der Waals surface area contributed by atoms with Gasteiger partial charge in [-0.3, -0.25) is 9.48 Å². The third-order valence-corrected chi connectivity index (χ3v) is 3.90. The van der Waals surface area contributed by atoms with E-state index in [2.05, 4.69) is 5.10 Å². The van der Waals surface area contributed by atoms with E-state index in [1.54, 1.807) is 22.9 Å². The molecule has 0 spiro atoms. The van der Waals surface area contributed by atoms with Crippen molar-refractivity contribution in [1.82, 2.24) is 9.78 Å². The van der Waals surface area contributed by atoms with Crippen molar-refractivity contribution in [2.24, 2.45) is 0 Å². The van der Waals surface area contributed by atoms with Crippen LogP contribution in [-0.4, -0.2) is 27.3 Å². The zero-order valence-corrected chi connectivity index (χ0v) is 14.1. The summed E-state index contributed by atoms with van der Waals surface area (Å²) in [6, 6.07) is 4.81. The SMILES string of the molecule is CCc1nn(CCO)c(CC)c1C(=O)c1cc(Cl)cc(Cl)c1. The van der Waals surface area contributed by atoms with Crippen LogP contribution in [0.4, 0.5) is 0 Å². The van der Waals surface area contributed by atoms with Crippen molar-refractivity contribution in [3.05, 3.63) is 50.8 Å². The number of benzene rings is 1. The minimum atomic E-state index is -0.137. The number of halogens is 2. The molecule has 0 bridgehead atoms. The smallest absolute Gasteiger partial charge is 0.196 e. The van der Waals surface area contributed by atoms with Gasteiger partial charge in [-0.25, -0.2) is 0 Å². The highest BCUT2D eigenvalue weighted by Crippen LogP contribution is 2.25. The van der Waals surface area contributed by atoms with Gasteiger partial charge in [-0.2, -0.15) is 5.10 Å². The summed E-state index contributed by atoms with van der Waals surface area (Å²) in [5, 5.41) is 14.5.